The van der Waals surface area contributed by atoms with Crippen LogP contribution in [-0.2, 0) is 4.79 Å². The highest BCUT2D eigenvalue weighted by Gasteiger charge is 2.63. The Hall–Kier alpha value is -1.59. The Bertz CT molecular complexity index is 854. The Morgan fingerprint density at radius 1 is 1.00 bits per heavy atom. The predicted molar refractivity (Wildman–Crippen MR) is 101 cm³/mol. The smallest absolute Gasteiger partial charge is 0.414 e. The van der Waals surface area contributed by atoms with Crippen molar-refractivity contribution < 1.29 is 48.3 Å². The van der Waals surface area contributed by atoms with Gasteiger partial charge in [-0.3, -0.25) is 14.9 Å². The van der Waals surface area contributed by atoms with Gasteiger partial charge in [-0.1, -0.05) is 30.4 Å². The highest BCUT2D eigenvalue weighted by Crippen LogP contribution is 2.55. The lowest BCUT2D eigenvalue weighted by molar-refractivity contribution is -0.152. The fraction of sp³-hybridized carbons (Fsp3) is 0.333. The monoisotopic (exact) mass is 490 g/mol. The highest BCUT2D eigenvalue weighted by molar-refractivity contribution is 8.04. The van der Waals surface area contributed by atoms with Gasteiger partial charge in [0.25, 0.3) is 11.8 Å². The van der Waals surface area contributed by atoms with E-state index in [9.17, 15) is 35.9 Å². The molecule has 0 aliphatic heterocycles. The molecule has 0 radical (unpaired) electrons. The van der Waals surface area contributed by atoms with Crippen LogP contribution in [0.2, 0.25) is 0 Å². The largest absolute Gasteiger partial charge is 1.00 e. The van der Waals surface area contributed by atoms with Crippen molar-refractivity contribution in [1.82, 2.24) is 5.32 Å². The molecular formula is C18H15ClF6NO2S2-. The summed E-state index contributed by atoms with van der Waals surface area (Å²) in [4.78, 5) is 24.5. The normalized spacial score (nSPS) is 21.8. The van der Waals surface area contributed by atoms with Crippen molar-refractivity contribution in [1.29, 1.82) is 0 Å². The average molecular weight is 491 g/mol. The van der Waals surface area contributed by atoms with Gasteiger partial charge in [-0.05, 0) is 24.6 Å². The van der Waals surface area contributed by atoms with Crippen molar-refractivity contribution in [3.63, 3.8) is 0 Å². The van der Waals surface area contributed by atoms with E-state index in [4.69, 9.17) is 0 Å². The van der Waals surface area contributed by atoms with E-state index in [1.807, 2.05) is 5.32 Å². The van der Waals surface area contributed by atoms with Crippen LogP contribution in [0.5, 0.6) is 0 Å². The summed E-state index contributed by atoms with van der Waals surface area (Å²) in [5.41, 5.74) is -2.63. The van der Waals surface area contributed by atoms with Crippen LogP contribution < -0.4 is 17.7 Å². The summed E-state index contributed by atoms with van der Waals surface area (Å²) in [6.45, 7) is 0. The molecule has 0 heterocycles. The zero-order valence-corrected chi connectivity index (χ0v) is 17.8. The van der Waals surface area contributed by atoms with E-state index >= 15 is 0 Å². The maximum absolute atomic E-state index is 13.8. The number of alkyl halides is 6. The highest BCUT2D eigenvalue weighted by atomic mass is 35.5. The molecule has 1 aliphatic carbocycles. The molecule has 3 nitrogen and oxygen atoms in total. The fourth-order valence-electron chi connectivity index (χ4n) is 2.90. The molecular weight excluding hydrogens is 476 g/mol. The third kappa shape index (κ3) is 5.00. The van der Waals surface area contributed by atoms with Gasteiger partial charge in [0.05, 0.1) is 10.8 Å². The lowest BCUT2D eigenvalue weighted by atomic mass is 9.86. The number of nitrogens with one attached hydrogen (secondary N) is 1. The molecule has 1 aromatic rings. The standard InChI is InChI=1S/C18H15F6NO2S2.ClH/c1-28-13-12(17(19,20)21)11(8-9-16(13,29-2)18(22,23)24)15(27)25-14(26)10-6-4-3-5-7-10;/h3-9,13H,1-2H3,(H,25,26,27);1H/p-1. The summed E-state index contributed by atoms with van der Waals surface area (Å²) in [7, 11) is 0. The first kappa shape index (κ1) is 26.4. The van der Waals surface area contributed by atoms with Crippen LogP contribution in [0, 0.1) is 0 Å². The third-order valence-corrected chi connectivity index (χ3v) is 6.78. The molecule has 30 heavy (non-hydrogen) atoms. The third-order valence-electron chi connectivity index (χ3n) is 4.27. The SMILES string of the molecule is CSC1C(C(F)(F)F)=C(C(=O)NC(=O)c2ccccc2)C=CC1(SC)C(F)(F)F.[Cl-]. The van der Waals surface area contributed by atoms with Gasteiger partial charge in [0, 0.05) is 11.1 Å². The van der Waals surface area contributed by atoms with Gasteiger partial charge in [-0.25, -0.2) is 0 Å². The van der Waals surface area contributed by atoms with Crippen molar-refractivity contribution >= 4 is 35.3 Å². The quantitative estimate of drug-likeness (QED) is 0.516. The Kier molecular flexibility index (Phi) is 8.54. The van der Waals surface area contributed by atoms with Crippen LogP contribution in [0.15, 0.2) is 53.6 Å². The Morgan fingerprint density at radius 2 is 1.57 bits per heavy atom. The van der Waals surface area contributed by atoms with E-state index in [0.29, 0.717) is 23.9 Å². The number of rotatable bonds is 4. The lowest BCUT2D eigenvalue weighted by Gasteiger charge is -2.42. The Morgan fingerprint density at radius 3 is 2.00 bits per heavy atom. The minimum absolute atomic E-state index is 0. The van der Waals surface area contributed by atoms with Gasteiger partial charge < -0.3 is 12.4 Å². The first-order chi connectivity index (χ1) is 13.4. The van der Waals surface area contributed by atoms with E-state index in [1.165, 1.54) is 24.3 Å². The molecule has 166 valence electrons. The van der Waals surface area contributed by atoms with Crippen LogP contribution >= 0.6 is 23.5 Å². The molecule has 1 N–H and O–H groups in total. The van der Waals surface area contributed by atoms with Gasteiger partial charge in [-0.15, -0.1) is 11.8 Å². The molecule has 1 aliphatic rings. The number of thioether (sulfide) groups is 2. The van der Waals surface area contributed by atoms with Crippen molar-refractivity contribution in [2.24, 2.45) is 0 Å². The van der Waals surface area contributed by atoms with Gasteiger partial charge in [0.1, 0.15) is 4.75 Å². The first-order valence-corrected chi connectivity index (χ1v) is 10.5. The number of carbonyl (C=O) groups excluding carboxylic acids is 2. The molecule has 1 aromatic carbocycles. The van der Waals surface area contributed by atoms with Crippen LogP contribution in [0.3, 0.4) is 0 Å². The number of hydrogen-bond donors (Lipinski definition) is 1. The van der Waals surface area contributed by atoms with Crippen LogP contribution in [0.1, 0.15) is 10.4 Å². The van der Waals surface area contributed by atoms with Gasteiger partial charge in [0.15, 0.2) is 0 Å². The summed E-state index contributed by atoms with van der Waals surface area (Å²) < 4.78 is 79.6. The van der Waals surface area contributed by atoms with Gasteiger partial charge in [0.2, 0.25) is 0 Å². The molecule has 2 rings (SSSR count). The molecule has 0 saturated carbocycles. The van der Waals surface area contributed by atoms with E-state index in [0.717, 1.165) is 12.5 Å². The zero-order chi connectivity index (χ0) is 22.0. The molecule has 2 unspecified atom stereocenters. The molecule has 12 heteroatoms. The fourth-order valence-corrected chi connectivity index (χ4v) is 5.30. The van der Waals surface area contributed by atoms with Crippen LogP contribution in [0.4, 0.5) is 26.3 Å². The molecule has 0 fully saturated rings. The molecule has 0 bridgehead atoms. The van der Waals surface area contributed by atoms with E-state index in [2.05, 4.69) is 0 Å². The van der Waals surface area contributed by atoms with Gasteiger partial charge in [-0.2, -0.15) is 38.1 Å². The van der Waals surface area contributed by atoms with E-state index < -0.39 is 45.3 Å². The summed E-state index contributed by atoms with van der Waals surface area (Å²) in [6, 6.07) is 7.24. The average Bonchev–Trinajstić information content (AvgIpc) is 2.65. The van der Waals surface area contributed by atoms with Crippen molar-refractivity contribution in [2.75, 3.05) is 12.5 Å². The molecule has 0 aromatic heterocycles. The van der Waals surface area contributed by atoms with Crippen molar-refractivity contribution in [3.05, 3.63) is 59.2 Å². The minimum Gasteiger partial charge on any atom is -1.00 e. The summed E-state index contributed by atoms with van der Waals surface area (Å²) in [6.07, 6.45) is -7.01. The second-order valence-electron chi connectivity index (χ2n) is 5.92. The summed E-state index contributed by atoms with van der Waals surface area (Å²) in [5, 5.41) is -0.317. The molecule has 0 saturated heterocycles. The predicted octanol–water partition coefficient (Wildman–Crippen LogP) is 1.77. The second-order valence-corrected chi connectivity index (χ2v) is 7.95. The van der Waals surface area contributed by atoms with Crippen molar-refractivity contribution in [3.8, 4) is 0 Å². The van der Waals surface area contributed by atoms with Crippen LogP contribution in [0.25, 0.3) is 0 Å². The van der Waals surface area contributed by atoms with E-state index in [-0.39, 0.29) is 29.7 Å². The Labute approximate surface area is 183 Å². The zero-order valence-electron chi connectivity index (χ0n) is 15.4. The summed E-state index contributed by atoms with van der Waals surface area (Å²) >= 11 is 0.552. The number of imide groups is 1. The van der Waals surface area contributed by atoms with Gasteiger partial charge >= 0.3 is 12.4 Å². The number of hydrogen-bond acceptors (Lipinski definition) is 4. The number of benzene rings is 1. The molecule has 2 atom stereocenters. The maximum Gasteiger partial charge on any atom is 0.414 e. The van der Waals surface area contributed by atoms with Crippen LogP contribution in [-0.4, -0.2) is 46.7 Å². The number of amides is 2. The minimum atomic E-state index is -5.22. The first-order valence-electron chi connectivity index (χ1n) is 7.95. The molecule has 2 amide bonds. The topological polar surface area (TPSA) is 46.2 Å². The Balaban J connectivity index is 0.00000450. The van der Waals surface area contributed by atoms with E-state index in [1.54, 1.807) is 6.07 Å². The summed E-state index contributed by atoms with van der Waals surface area (Å²) in [5.74, 6) is -2.38. The maximum atomic E-state index is 13.8. The van der Waals surface area contributed by atoms with Crippen molar-refractivity contribution in [2.45, 2.75) is 22.3 Å². The molecule has 0 spiro atoms. The number of carbonyl (C=O) groups is 2. The lowest BCUT2D eigenvalue weighted by Crippen LogP contribution is -3.00. The second kappa shape index (κ2) is 9.69. The number of halogens is 7.